The topological polar surface area (TPSA) is 336 Å². The van der Waals surface area contributed by atoms with Gasteiger partial charge in [0.05, 0.1) is 26.1 Å². The number of para-hydroxylation sites is 1. The SMILES string of the molecule is O=S(=O)([O-])c1cc(Nc2nc(Cl)nc(Nc3ccccc3S(=O)(=O)[O-])n2)c2c([O-])c(N=Nc3ccccc3S(=O)(=O)[O-])c(S(=O)(=O)O)cc2c1.[Na+].[Na+].[Na+].[Na+]. The number of nitrogens with one attached hydrogen (secondary N) is 2. The molecule has 0 unspecified atom stereocenters. The van der Waals surface area contributed by atoms with Gasteiger partial charge in [-0.1, -0.05) is 30.0 Å². The number of halogens is 1. The number of benzene rings is 4. The molecular weight excluding hydrogens is 862 g/mol. The van der Waals surface area contributed by atoms with Crippen LogP contribution in [0.25, 0.3) is 10.8 Å². The third kappa shape index (κ3) is 12.3. The predicted molar refractivity (Wildman–Crippen MR) is 166 cm³/mol. The molecule has 0 saturated carbocycles. The average molecular weight is 876 g/mol. The van der Waals surface area contributed by atoms with Crippen LogP contribution in [-0.2, 0) is 40.5 Å². The molecule has 5 rings (SSSR count). The van der Waals surface area contributed by atoms with Crippen molar-refractivity contribution >= 4 is 97.5 Å². The number of azo groups is 1. The summed E-state index contributed by atoms with van der Waals surface area (Å²) in [5, 5.41) is 24.0. The fourth-order valence-electron chi connectivity index (χ4n) is 4.32. The van der Waals surface area contributed by atoms with Gasteiger partial charge in [0.1, 0.15) is 40.9 Å². The summed E-state index contributed by atoms with van der Waals surface area (Å²) in [4.78, 5) is 7.60. The Labute approximate surface area is 400 Å². The Kier molecular flexibility index (Phi) is 18.6. The van der Waals surface area contributed by atoms with E-state index in [2.05, 4.69) is 35.8 Å². The number of rotatable bonds is 10. The summed E-state index contributed by atoms with van der Waals surface area (Å²) in [7, 11) is -20.8. The molecule has 54 heavy (non-hydrogen) atoms. The summed E-state index contributed by atoms with van der Waals surface area (Å²) in [5.74, 6) is -2.47. The van der Waals surface area contributed by atoms with Gasteiger partial charge in [0.2, 0.25) is 17.2 Å². The summed E-state index contributed by atoms with van der Waals surface area (Å²) in [6.07, 6.45) is 0. The first-order chi connectivity index (χ1) is 23.1. The minimum atomic E-state index is -5.37. The van der Waals surface area contributed by atoms with Crippen molar-refractivity contribution in [2.24, 2.45) is 10.2 Å². The molecule has 0 aliphatic carbocycles. The third-order valence-electron chi connectivity index (χ3n) is 6.32. The van der Waals surface area contributed by atoms with Crippen LogP contribution in [-0.4, -0.2) is 66.8 Å². The van der Waals surface area contributed by atoms with Crippen LogP contribution in [0.5, 0.6) is 5.75 Å². The van der Waals surface area contributed by atoms with Gasteiger partial charge < -0.3 is 29.4 Å². The molecule has 5 aromatic rings. The molecule has 0 aliphatic rings. The summed E-state index contributed by atoms with van der Waals surface area (Å²) >= 11 is 5.99. The van der Waals surface area contributed by atoms with E-state index in [9.17, 15) is 57.0 Å². The van der Waals surface area contributed by atoms with Gasteiger partial charge >= 0.3 is 118 Å². The molecule has 0 aliphatic heterocycles. The molecule has 3 N–H and O–H groups in total. The maximum atomic E-state index is 13.8. The Morgan fingerprint density at radius 2 is 1.15 bits per heavy atom. The molecule has 0 spiro atoms. The van der Waals surface area contributed by atoms with Crippen LogP contribution in [0.4, 0.5) is 34.6 Å². The largest absolute Gasteiger partial charge is 1.00 e. The zero-order chi connectivity index (χ0) is 36.8. The smallest absolute Gasteiger partial charge is 0.870 e. The first kappa shape index (κ1) is 51.1. The zero-order valence-electron chi connectivity index (χ0n) is 27.9. The standard InChI is InChI=1S/C25H18ClN7O13S4.4Na/c26-23-29-24(27-14-5-1-3-7-17(14)48(38,39)40)31-25(30-23)28-16-11-13(47(35,36)37)9-12-10-19(50(44,45)46)21(22(34)20(12)16)33-32-15-6-2-4-8-18(15)49(41,42)43;;;;/h1-11,34H,(H,35,36,37)(H,38,39,40)(H,41,42,43)(H,44,45,46)(H2,27,28,29,30,31);;;;/q;4*+1/p-4. The molecule has 1 aromatic heterocycles. The van der Waals surface area contributed by atoms with Gasteiger partial charge in [0.15, 0.2) is 0 Å². The van der Waals surface area contributed by atoms with Crippen LogP contribution >= 0.6 is 11.6 Å². The van der Waals surface area contributed by atoms with Crippen molar-refractivity contribution in [2.45, 2.75) is 19.6 Å². The van der Waals surface area contributed by atoms with Gasteiger partial charge in [-0.25, -0.2) is 25.3 Å². The van der Waals surface area contributed by atoms with E-state index in [0.717, 1.165) is 18.2 Å². The molecule has 1 heterocycles. The summed E-state index contributed by atoms with van der Waals surface area (Å²) in [6.45, 7) is 0. The number of anilines is 4. The van der Waals surface area contributed by atoms with Gasteiger partial charge in [0, 0.05) is 5.69 Å². The number of aromatic nitrogens is 3. The number of hydrogen-bond acceptors (Lipinski definition) is 19. The first-order valence-electron chi connectivity index (χ1n) is 12.9. The number of fused-ring (bicyclic) bond motifs is 1. The summed E-state index contributed by atoms with van der Waals surface area (Å²) < 4.78 is 141. The molecule has 262 valence electrons. The minimum Gasteiger partial charge on any atom is -0.870 e. The molecule has 0 amide bonds. The number of hydrogen-bond donors (Lipinski definition) is 3. The van der Waals surface area contributed by atoms with Gasteiger partial charge in [-0.15, -0.1) is 10.2 Å². The average Bonchev–Trinajstić information content (AvgIpc) is 2.98. The molecular formula is C25H14ClN7Na4O13S4. The van der Waals surface area contributed by atoms with Crippen molar-refractivity contribution in [1.82, 2.24) is 15.0 Å². The van der Waals surface area contributed by atoms with E-state index in [-0.39, 0.29) is 124 Å². The van der Waals surface area contributed by atoms with Gasteiger partial charge in [0.25, 0.3) is 10.1 Å². The molecule has 0 bridgehead atoms. The summed E-state index contributed by atoms with van der Waals surface area (Å²) in [6, 6.07) is 10.8. The molecule has 4 aromatic carbocycles. The van der Waals surface area contributed by atoms with Crippen LogP contribution < -0.4 is 134 Å². The fourth-order valence-corrected chi connectivity index (χ4v) is 6.92. The Balaban J connectivity index is 0.00000364. The molecule has 0 fully saturated rings. The maximum absolute atomic E-state index is 13.8. The fraction of sp³-hybridized carbons (Fsp3) is 0. The van der Waals surface area contributed by atoms with Crippen molar-refractivity contribution in [3.63, 3.8) is 0 Å². The maximum Gasteiger partial charge on any atom is 1.00 e. The van der Waals surface area contributed by atoms with Crippen molar-refractivity contribution in [3.05, 3.63) is 72.0 Å². The van der Waals surface area contributed by atoms with Crippen LogP contribution in [0.2, 0.25) is 5.28 Å². The normalized spacial score (nSPS) is 11.8. The molecule has 20 nitrogen and oxygen atoms in total. The first-order valence-corrected chi connectivity index (χ1v) is 18.9. The van der Waals surface area contributed by atoms with Crippen LogP contribution in [0.1, 0.15) is 0 Å². The minimum absolute atomic E-state index is 0. The molecule has 0 atom stereocenters. The van der Waals surface area contributed by atoms with E-state index in [1.54, 1.807) is 0 Å². The van der Waals surface area contributed by atoms with E-state index in [4.69, 9.17) is 11.6 Å². The van der Waals surface area contributed by atoms with Crippen LogP contribution in [0.15, 0.2) is 96.5 Å². The second-order valence-corrected chi connectivity index (χ2v) is 15.4. The second-order valence-electron chi connectivity index (χ2n) is 9.62. The van der Waals surface area contributed by atoms with Crippen molar-refractivity contribution in [2.75, 3.05) is 10.6 Å². The predicted octanol–water partition coefficient (Wildman–Crippen LogP) is -9.37. The Hall–Kier alpha value is -0.920. The van der Waals surface area contributed by atoms with Gasteiger partial charge in [-0.05, 0) is 64.8 Å². The molecule has 0 saturated heterocycles. The van der Waals surface area contributed by atoms with Crippen molar-refractivity contribution in [3.8, 4) is 5.75 Å². The van der Waals surface area contributed by atoms with Gasteiger partial charge in [-0.2, -0.15) is 23.4 Å². The molecule has 0 radical (unpaired) electrons. The monoisotopic (exact) mass is 875 g/mol. The van der Waals surface area contributed by atoms with Crippen LogP contribution in [0, 0.1) is 0 Å². The van der Waals surface area contributed by atoms with E-state index >= 15 is 0 Å². The quantitative estimate of drug-likeness (QED) is 0.0666. The van der Waals surface area contributed by atoms with Crippen LogP contribution in [0.3, 0.4) is 0 Å². The van der Waals surface area contributed by atoms with Crippen molar-refractivity contribution < 1.29 is 175 Å². The second kappa shape index (κ2) is 19.7. The number of nitrogens with zero attached hydrogens (tertiary/aromatic N) is 5. The Morgan fingerprint density at radius 3 is 1.69 bits per heavy atom. The van der Waals surface area contributed by atoms with Gasteiger partial charge in [-0.3, -0.25) is 4.55 Å². The zero-order valence-corrected chi connectivity index (χ0v) is 40.0. The van der Waals surface area contributed by atoms with E-state index in [1.165, 1.54) is 30.3 Å². The van der Waals surface area contributed by atoms with E-state index < -0.39 is 111 Å². The Morgan fingerprint density at radius 1 is 0.630 bits per heavy atom. The molecule has 29 heteroatoms. The van der Waals surface area contributed by atoms with Crippen molar-refractivity contribution in [1.29, 1.82) is 0 Å². The Bertz CT molecular complexity index is 2720. The van der Waals surface area contributed by atoms with E-state index in [0.29, 0.717) is 18.2 Å². The van der Waals surface area contributed by atoms with E-state index in [1.807, 2.05) is 0 Å². The summed E-state index contributed by atoms with van der Waals surface area (Å²) in [5.41, 5.74) is -2.66. The third-order valence-corrected chi connectivity index (χ3v) is 9.95.